The quantitative estimate of drug-likeness (QED) is 0.523. The fraction of sp³-hybridized carbons (Fsp3) is 0.211. The molecular weight excluding hydrogens is 304 g/mol. The third-order valence-electron chi connectivity index (χ3n) is 4.18. The number of nitro groups is 1. The molecule has 0 aromatic heterocycles. The van der Waals surface area contributed by atoms with Gasteiger partial charge in [-0.15, -0.1) is 0 Å². The Morgan fingerprint density at radius 2 is 1.83 bits per heavy atom. The van der Waals surface area contributed by atoms with E-state index in [1.807, 2.05) is 12.1 Å². The summed E-state index contributed by atoms with van der Waals surface area (Å²) >= 11 is 0. The number of hydrogen-bond acceptors (Lipinski definition) is 3. The molecule has 0 aliphatic heterocycles. The van der Waals surface area contributed by atoms with Gasteiger partial charge in [-0.25, -0.2) is 0 Å². The van der Waals surface area contributed by atoms with Crippen molar-refractivity contribution in [3.8, 4) is 0 Å². The third-order valence-corrected chi connectivity index (χ3v) is 4.18. The summed E-state index contributed by atoms with van der Waals surface area (Å²) in [5, 5.41) is 13.6. The van der Waals surface area contributed by atoms with Crippen LogP contribution in [-0.2, 0) is 17.6 Å². The Hall–Kier alpha value is -2.95. The molecular formula is C19H18N2O3. The molecule has 1 aliphatic rings. The SMILES string of the molecule is O=C(/C=C/c1ccc([N+](=O)[O-])cc1)Nc1cccc2c1CCCC2. The monoisotopic (exact) mass is 322 g/mol. The average Bonchev–Trinajstić information content (AvgIpc) is 2.61. The normalized spacial score (nSPS) is 13.5. The maximum atomic E-state index is 12.1. The third kappa shape index (κ3) is 3.68. The Morgan fingerprint density at radius 1 is 1.08 bits per heavy atom. The molecule has 0 saturated carbocycles. The molecule has 1 amide bonds. The van der Waals surface area contributed by atoms with Crippen molar-refractivity contribution < 1.29 is 9.72 Å². The van der Waals surface area contributed by atoms with E-state index in [9.17, 15) is 14.9 Å². The molecule has 0 radical (unpaired) electrons. The number of carbonyl (C=O) groups is 1. The fourth-order valence-corrected chi connectivity index (χ4v) is 2.95. The molecule has 3 rings (SSSR count). The summed E-state index contributed by atoms with van der Waals surface area (Å²) in [5.74, 6) is -0.202. The second kappa shape index (κ2) is 7.08. The molecule has 0 spiro atoms. The first-order chi connectivity index (χ1) is 11.6. The molecule has 0 unspecified atom stereocenters. The van der Waals surface area contributed by atoms with Gasteiger partial charge in [-0.3, -0.25) is 14.9 Å². The van der Waals surface area contributed by atoms with Crippen molar-refractivity contribution in [3.63, 3.8) is 0 Å². The number of benzene rings is 2. The smallest absolute Gasteiger partial charge is 0.269 e. The predicted molar refractivity (Wildman–Crippen MR) is 93.8 cm³/mol. The van der Waals surface area contributed by atoms with Crippen LogP contribution in [0.1, 0.15) is 29.5 Å². The second-order valence-electron chi connectivity index (χ2n) is 5.82. The first kappa shape index (κ1) is 15.9. The van der Waals surface area contributed by atoms with Crippen LogP contribution in [0.3, 0.4) is 0 Å². The van der Waals surface area contributed by atoms with Crippen LogP contribution >= 0.6 is 0 Å². The molecule has 0 bridgehead atoms. The summed E-state index contributed by atoms with van der Waals surface area (Å²) in [7, 11) is 0. The van der Waals surface area contributed by atoms with E-state index >= 15 is 0 Å². The van der Waals surface area contributed by atoms with E-state index in [1.54, 1.807) is 18.2 Å². The van der Waals surface area contributed by atoms with E-state index in [-0.39, 0.29) is 11.6 Å². The largest absolute Gasteiger partial charge is 0.322 e. The van der Waals surface area contributed by atoms with Crippen LogP contribution in [0.2, 0.25) is 0 Å². The Balaban J connectivity index is 1.68. The van der Waals surface area contributed by atoms with Gasteiger partial charge in [0.15, 0.2) is 0 Å². The van der Waals surface area contributed by atoms with Crippen LogP contribution in [0.15, 0.2) is 48.5 Å². The van der Waals surface area contributed by atoms with Crippen molar-refractivity contribution in [2.45, 2.75) is 25.7 Å². The Bertz CT molecular complexity index is 795. The zero-order valence-corrected chi connectivity index (χ0v) is 13.2. The van der Waals surface area contributed by atoms with Gasteiger partial charge in [0.05, 0.1) is 4.92 Å². The van der Waals surface area contributed by atoms with E-state index in [2.05, 4.69) is 11.4 Å². The van der Waals surface area contributed by atoms with Crippen molar-refractivity contribution in [1.82, 2.24) is 0 Å². The summed E-state index contributed by atoms with van der Waals surface area (Å²) in [6, 6.07) is 12.1. The minimum Gasteiger partial charge on any atom is -0.322 e. The summed E-state index contributed by atoms with van der Waals surface area (Å²) < 4.78 is 0. The zero-order chi connectivity index (χ0) is 16.9. The van der Waals surface area contributed by atoms with Gasteiger partial charge < -0.3 is 5.32 Å². The average molecular weight is 322 g/mol. The number of nitrogens with zero attached hydrogens (tertiary/aromatic N) is 1. The highest BCUT2D eigenvalue weighted by Gasteiger charge is 2.13. The molecule has 24 heavy (non-hydrogen) atoms. The van der Waals surface area contributed by atoms with Gasteiger partial charge in [0.2, 0.25) is 5.91 Å². The topological polar surface area (TPSA) is 72.2 Å². The number of carbonyl (C=O) groups excluding carboxylic acids is 1. The molecule has 2 aromatic carbocycles. The van der Waals surface area contributed by atoms with Crippen molar-refractivity contribution in [2.75, 3.05) is 5.32 Å². The number of nitro benzene ring substituents is 1. The van der Waals surface area contributed by atoms with Crippen LogP contribution in [0, 0.1) is 10.1 Å². The second-order valence-corrected chi connectivity index (χ2v) is 5.82. The summed E-state index contributed by atoms with van der Waals surface area (Å²) in [4.78, 5) is 22.3. The molecule has 0 fully saturated rings. The summed E-state index contributed by atoms with van der Waals surface area (Å²) in [6.45, 7) is 0. The molecule has 2 aromatic rings. The summed E-state index contributed by atoms with van der Waals surface area (Å²) in [6.07, 6.45) is 7.51. The maximum absolute atomic E-state index is 12.1. The van der Waals surface area contributed by atoms with E-state index in [0.29, 0.717) is 0 Å². The number of fused-ring (bicyclic) bond motifs is 1. The van der Waals surface area contributed by atoms with Crippen molar-refractivity contribution in [1.29, 1.82) is 0 Å². The van der Waals surface area contributed by atoms with Crippen LogP contribution in [-0.4, -0.2) is 10.8 Å². The van der Waals surface area contributed by atoms with Crippen molar-refractivity contribution in [3.05, 3.63) is 75.3 Å². The number of non-ortho nitro benzene ring substituents is 1. The van der Waals surface area contributed by atoms with Crippen molar-refractivity contribution >= 4 is 23.4 Å². The molecule has 1 aliphatic carbocycles. The van der Waals surface area contributed by atoms with E-state index in [0.717, 1.165) is 30.5 Å². The van der Waals surface area contributed by atoms with Crippen LogP contribution in [0.25, 0.3) is 6.08 Å². The minimum absolute atomic E-state index is 0.0347. The number of hydrogen-bond donors (Lipinski definition) is 1. The number of amides is 1. The zero-order valence-electron chi connectivity index (χ0n) is 13.2. The van der Waals surface area contributed by atoms with Gasteiger partial charge in [-0.2, -0.15) is 0 Å². The lowest BCUT2D eigenvalue weighted by atomic mass is 9.90. The minimum atomic E-state index is -0.446. The number of anilines is 1. The predicted octanol–water partition coefficient (Wildman–Crippen LogP) is 4.13. The van der Waals surface area contributed by atoms with Gasteiger partial charge in [0, 0.05) is 23.9 Å². The van der Waals surface area contributed by atoms with Crippen LogP contribution in [0.4, 0.5) is 11.4 Å². The first-order valence-corrected chi connectivity index (χ1v) is 7.98. The van der Waals surface area contributed by atoms with Gasteiger partial charge in [0.25, 0.3) is 5.69 Å². The molecule has 0 heterocycles. The lowest BCUT2D eigenvalue weighted by Gasteiger charge is -2.19. The standard InChI is InChI=1S/C19H18N2O3/c22-19(13-10-14-8-11-16(12-9-14)21(23)24)20-18-7-3-5-15-4-1-2-6-17(15)18/h3,5,7-13H,1-2,4,6H2,(H,20,22)/b13-10+. The number of rotatable bonds is 4. The highest BCUT2D eigenvalue weighted by molar-refractivity contribution is 6.02. The Kier molecular flexibility index (Phi) is 4.70. The number of aryl methyl sites for hydroxylation is 1. The maximum Gasteiger partial charge on any atom is 0.269 e. The van der Waals surface area contributed by atoms with Gasteiger partial charge in [0.1, 0.15) is 0 Å². The number of nitrogens with one attached hydrogen (secondary N) is 1. The molecule has 122 valence electrons. The highest BCUT2D eigenvalue weighted by atomic mass is 16.6. The summed E-state index contributed by atoms with van der Waals surface area (Å²) in [5.41, 5.74) is 4.21. The van der Waals surface area contributed by atoms with Gasteiger partial charge in [-0.1, -0.05) is 12.1 Å². The first-order valence-electron chi connectivity index (χ1n) is 7.98. The van der Waals surface area contributed by atoms with Crippen LogP contribution < -0.4 is 5.32 Å². The van der Waals surface area contributed by atoms with E-state index in [4.69, 9.17) is 0 Å². The van der Waals surface area contributed by atoms with Gasteiger partial charge in [-0.05, 0) is 66.6 Å². The fourth-order valence-electron chi connectivity index (χ4n) is 2.95. The molecule has 0 atom stereocenters. The lowest BCUT2D eigenvalue weighted by molar-refractivity contribution is -0.384. The molecule has 5 heteroatoms. The van der Waals surface area contributed by atoms with Crippen LogP contribution in [0.5, 0.6) is 0 Å². The lowest BCUT2D eigenvalue weighted by Crippen LogP contribution is -2.12. The molecule has 1 N–H and O–H groups in total. The van der Waals surface area contributed by atoms with Crippen molar-refractivity contribution in [2.24, 2.45) is 0 Å². The Labute approximate surface area is 140 Å². The van der Waals surface area contributed by atoms with Gasteiger partial charge >= 0.3 is 0 Å². The molecule has 5 nitrogen and oxygen atoms in total. The van der Waals surface area contributed by atoms with E-state index in [1.165, 1.54) is 35.8 Å². The highest BCUT2D eigenvalue weighted by Crippen LogP contribution is 2.27. The van der Waals surface area contributed by atoms with E-state index < -0.39 is 4.92 Å². The Morgan fingerprint density at radius 3 is 2.58 bits per heavy atom. The molecule has 0 saturated heterocycles.